The first-order chi connectivity index (χ1) is 11.1. The molecule has 0 spiro atoms. The number of ether oxygens (including phenoxy) is 2. The van der Waals surface area contributed by atoms with E-state index in [0.717, 1.165) is 0 Å². The number of rotatable bonds is 6. The minimum Gasteiger partial charge on any atom is -0.458 e. The van der Waals surface area contributed by atoms with Crippen LogP contribution in [0.3, 0.4) is 0 Å². The molecule has 2 rings (SSSR count). The lowest BCUT2D eigenvalue weighted by molar-refractivity contribution is -0.385. The van der Waals surface area contributed by atoms with Crippen LogP contribution >= 0.6 is 0 Å². The van der Waals surface area contributed by atoms with Crippen LogP contribution in [-0.4, -0.2) is 30.1 Å². The monoisotopic (exact) mass is 315 g/mol. The van der Waals surface area contributed by atoms with Crippen molar-refractivity contribution < 1.29 is 24.0 Å². The van der Waals surface area contributed by atoms with E-state index < -0.39 is 16.9 Å². The van der Waals surface area contributed by atoms with Crippen molar-refractivity contribution in [3.63, 3.8) is 0 Å². The normalized spacial score (nSPS) is 9.91. The van der Waals surface area contributed by atoms with E-state index in [2.05, 4.69) is 0 Å². The van der Waals surface area contributed by atoms with Crippen molar-refractivity contribution in [2.24, 2.45) is 0 Å². The van der Waals surface area contributed by atoms with Gasteiger partial charge >= 0.3 is 11.9 Å². The summed E-state index contributed by atoms with van der Waals surface area (Å²) in [4.78, 5) is 33.6. The molecule has 2 aromatic carbocycles. The highest BCUT2D eigenvalue weighted by Gasteiger charge is 2.20. The van der Waals surface area contributed by atoms with Gasteiger partial charge in [-0.2, -0.15) is 0 Å². The molecule has 0 saturated carbocycles. The summed E-state index contributed by atoms with van der Waals surface area (Å²) >= 11 is 0. The molecule has 0 atom stereocenters. The zero-order valence-corrected chi connectivity index (χ0v) is 12.0. The number of esters is 2. The van der Waals surface area contributed by atoms with Crippen LogP contribution in [0.1, 0.15) is 20.7 Å². The van der Waals surface area contributed by atoms with Gasteiger partial charge in [0.2, 0.25) is 0 Å². The molecular formula is C16H13NO6. The highest BCUT2D eigenvalue weighted by Crippen LogP contribution is 2.18. The predicted octanol–water partition coefficient (Wildman–Crippen LogP) is 2.61. The van der Waals surface area contributed by atoms with Crippen LogP contribution in [0, 0.1) is 10.1 Å². The van der Waals surface area contributed by atoms with Crippen LogP contribution < -0.4 is 0 Å². The highest BCUT2D eigenvalue weighted by atomic mass is 16.6. The van der Waals surface area contributed by atoms with E-state index >= 15 is 0 Å². The Kier molecular flexibility index (Phi) is 5.40. The molecular weight excluding hydrogens is 302 g/mol. The number of para-hydroxylation sites is 1. The quantitative estimate of drug-likeness (QED) is 0.352. The Balaban J connectivity index is 1.84. The van der Waals surface area contributed by atoms with Crippen LogP contribution in [0.15, 0.2) is 54.6 Å². The lowest BCUT2D eigenvalue weighted by Crippen LogP contribution is -2.15. The number of hydrogen-bond donors (Lipinski definition) is 0. The highest BCUT2D eigenvalue weighted by molar-refractivity contribution is 5.93. The summed E-state index contributed by atoms with van der Waals surface area (Å²) in [6.45, 7) is -0.330. The van der Waals surface area contributed by atoms with Crippen molar-refractivity contribution >= 4 is 17.6 Å². The fourth-order valence-electron chi connectivity index (χ4n) is 1.81. The van der Waals surface area contributed by atoms with E-state index in [0.29, 0.717) is 5.56 Å². The van der Waals surface area contributed by atoms with Crippen LogP contribution in [-0.2, 0) is 9.47 Å². The third kappa shape index (κ3) is 4.37. The fourth-order valence-corrected chi connectivity index (χ4v) is 1.81. The van der Waals surface area contributed by atoms with E-state index in [9.17, 15) is 19.7 Å². The van der Waals surface area contributed by atoms with Gasteiger partial charge < -0.3 is 9.47 Å². The molecule has 23 heavy (non-hydrogen) atoms. The molecule has 0 aromatic heterocycles. The van der Waals surface area contributed by atoms with Crippen LogP contribution in [0.2, 0.25) is 0 Å². The van der Waals surface area contributed by atoms with Gasteiger partial charge in [-0.15, -0.1) is 0 Å². The van der Waals surface area contributed by atoms with Crippen LogP contribution in [0.25, 0.3) is 0 Å². The van der Waals surface area contributed by atoms with Gasteiger partial charge in [0.1, 0.15) is 18.8 Å². The molecule has 118 valence electrons. The number of hydrogen-bond acceptors (Lipinski definition) is 6. The predicted molar refractivity (Wildman–Crippen MR) is 80.1 cm³/mol. The standard InChI is InChI=1S/C16H13NO6/c18-15(12-6-2-1-3-7-12)22-10-11-23-16(19)13-8-4-5-9-14(13)17(20)21/h1-9H,10-11H2. The van der Waals surface area contributed by atoms with Crippen LogP contribution in [0.4, 0.5) is 5.69 Å². The Labute approximate surface area is 131 Å². The summed E-state index contributed by atoms with van der Waals surface area (Å²) in [5.41, 5.74) is -0.0943. The maximum absolute atomic E-state index is 11.8. The number of nitro groups is 1. The number of nitro benzene ring substituents is 1. The molecule has 0 radical (unpaired) electrons. The Hall–Kier alpha value is -3.22. The van der Waals surface area contributed by atoms with Gasteiger partial charge in [-0.1, -0.05) is 30.3 Å². The first kappa shape index (κ1) is 16.2. The van der Waals surface area contributed by atoms with Crippen molar-refractivity contribution in [1.82, 2.24) is 0 Å². The van der Waals surface area contributed by atoms with E-state index in [4.69, 9.17) is 9.47 Å². The minimum absolute atomic E-state index is 0.139. The average molecular weight is 315 g/mol. The minimum atomic E-state index is -0.840. The summed E-state index contributed by atoms with van der Waals surface area (Å²) in [5, 5.41) is 10.8. The molecule has 2 aromatic rings. The SMILES string of the molecule is O=C(OCCOC(=O)c1ccccc1[N+](=O)[O-])c1ccccc1. The summed E-state index contributed by atoms with van der Waals surface area (Å²) in [5.74, 6) is -1.37. The first-order valence-corrected chi connectivity index (χ1v) is 6.72. The summed E-state index contributed by atoms with van der Waals surface area (Å²) in [7, 11) is 0. The van der Waals surface area contributed by atoms with E-state index in [1.807, 2.05) is 0 Å². The Morgan fingerprint density at radius 1 is 0.870 bits per heavy atom. The molecule has 0 aliphatic rings. The molecule has 7 heteroatoms. The van der Waals surface area contributed by atoms with Gasteiger partial charge in [0.05, 0.1) is 10.5 Å². The largest absolute Gasteiger partial charge is 0.458 e. The summed E-state index contributed by atoms with van der Waals surface area (Å²) in [6.07, 6.45) is 0. The molecule has 7 nitrogen and oxygen atoms in total. The van der Waals surface area contributed by atoms with Crippen molar-refractivity contribution in [2.45, 2.75) is 0 Å². The van der Waals surface area contributed by atoms with Gasteiger partial charge in [0, 0.05) is 6.07 Å². The van der Waals surface area contributed by atoms with Crippen molar-refractivity contribution in [2.75, 3.05) is 13.2 Å². The lowest BCUT2D eigenvalue weighted by Gasteiger charge is -2.06. The first-order valence-electron chi connectivity index (χ1n) is 6.72. The lowest BCUT2D eigenvalue weighted by atomic mass is 10.2. The third-order valence-corrected chi connectivity index (χ3v) is 2.88. The van der Waals surface area contributed by atoms with Gasteiger partial charge in [0.25, 0.3) is 5.69 Å². The zero-order chi connectivity index (χ0) is 16.7. The molecule has 0 aliphatic heterocycles. The number of carbonyl (C=O) groups excluding carboxylic acids is 2. The number of benzene rings is 2. The number of carbonyl (C=O) groups is 2. The second-order valence-electron chi connectivity index (χ2n) is 4.41. The van der Waals surface area contributed by atoms with Crippen LogP contribution in [0.5, 0.6) is 0 Å². The molecule has 0 amide bonds. The second-order valence-corrected chi connectivity index (χ2v) is 4.41. The Morgan fingerprint density at radius 2 is 1.43 bits per heavy atom. The van der Waals surface area contributed by atoms with Crippen molar-refractivity contribution in [1.29, 1.82) is 0 Å². The smallest absolute Gasteiger partial charge is 0.345 e. The summed E-state index contributed by atoms with van der Waals surface area (Å²) < 4.78 is 9.83. The van der Waals surface area contributed by atoms with E-state index in [1.54, 1.807) is 30.3 Å². The van der Waals surface area contributed by atoms with Crippen molar-refractivity contribution in [3.05, 3.63) is 75.8 Å². The molecule has 0 heterocycles. The van der Waals surface area contributed by atoms with E-state index in [1.165, 1.54) is 24.3 Å². The molecule has 0 fully saturated rings. The average Bonchev–Trinajstić information content (AvgIpc) is 2.59. The van der Waals surface area contributed by atoms with Gasteiger partial charge in [-0.3, -0.25) is 10.1 Å². The molecule has 0 N–H and O–H groups in total. The maximum Gasteiger partial charge on any atom is 0.345 e. The molecule has 0 aliphatic carbocycles. The van der Waals surface area contributed by atoms with Gasteiger partial charge in [-0.25, -0.2) is 9.59 Å². The Morgan fingerprint density at radius 3 is 2.09 bits per heavy atom. The second kappa shape index (κ2) is 7.69. The molecule has 0 bridgehead atoms. The Bertz CT molecular complexity index is 714. The van der Waals surface area contributed by atoms with E-state index in [-0.39, 0.29) is 24.5 Å². The summed E-state index contributed by atoms with van der Waals surface area (Å²) in [6, 6.07) is 13.8. The van der Waals surface area contributed by atoms with Crippen molar-refractivity contribution in [3.8, 4) is 0 Å². The molecule has 0 saturated heterocycles. The fraction of sp³-hybridized carbons (Fsp3) is 0.125. The number of nitrogens with zero attached hydrogens (tertiary/aromatic N) is 1. The maximum atomic E-state index is 11.8. The topological polar surface area (TPSA) is 95.7 Å². The molecule has 0 unspecified atom stereocenters. The zero-order valence-electron chi connectivity index (χ0n) is 12.0. The van der Waals surface area contributed by atoms with Gasteiger partial charge in [0.15, 0.2) is 0 Å². The third-order valence-electron chi connectivity index (χ3n) is 2.88. The van der Waals surface area contributed by atoms with Gasteiger partial charge in [-0.05, 0) is 18.2 Å².